The number of pyridine rings is 2. The maximum absolute atomic E-state index is 13.3. The van der Waals surface area contributed by atoms with E-state index in [-0.39, 0.29) is 29.7 Å². The maximum Gasteiger partial charge on any atom is 0.253 e. The first-order chi connectivity index (χ1) is 18.0. The minimum Gasteiger partial charge on any atom is -0.380 e. The van der Waals surface area contributed by atoms with Crippen LogP contribution in [0.5, 0.6) is 0 Å². The Morgan fingerprint density at radius 1 is 1.14 bits per heavy atom. The number of amides is 1. The van der Waals surface area contributed by atoms with Crippen LogP contribution < -0.4 is 16.0 Å². The molecular weight excluding hydrogens is 515 g/mol. The molecule has 0 spiro atoms. The second-order valence-corrected chi connectivity index (χ2v) is 10.2. The van der Waals surface area contributed by atoms with Crippen LogP contribution in [0.1, 0.15) is 23.2 Å². The quantitative estimate of drug-likeness (QED) is 0.350. The lowest BCUT2D eigenvalue weighted by Crippen LogP contribution is -2.44. The van der Waals surface area contributed by atoms with Crippen molar-refractivity contribution in [3.63, 3.8) is 0 Å². The highest BCUT2D eigenvalue weighted by Gasteiger charge is 2.49. The molecule has 5 aromatic rings. The Kier molecular flexibility index (Phi) is 5.02. The highest BCUT2D eigenvalue weighted by atomic mass is 35.5. The summed E-state index contributed by atoms with van der Waals surface area (Å²) in [6.45, 7) is 0.731. The average molecular weight is 535 g/mol. The molecule has 0 unspecified atom stereocenters. The molecule has 5 heterocycles. The molecule has 1 aromatic carbocycles. The predicted molar refractivity (Wildman–Crippen MR) is 140 cm³/mol. The topological polar surface area (TPSA) is 128 Å². The second kappa shape index (κ2) is 8.32. The molecule has 1 saturated carbocycles. The number of carbonyl (C=O) groups is 1. The Labute approximate surface area is 220 Å². The van der Waals surface area contributed by atoms with E-state index >= 15 is 0 Å². The van der Waals surface area contributed by atoms with E-state index in [1.165, 1.54) is 0 Å². The van der Waals surface area contributed by atoms with Gasteiger partial charge in [-0.2, -0.15) is 0 Å². The van der Waals surface area contributed by atoms with Gasteiger partial charge in [0.2, 0.25) is 5.58 Å². The van der Waals surface area contributed by atoms with Gasteiger partial charge in [0.15, 0.2) is 17.3 Å². The van der Waals surface area contributed by atoms with E-state index in [9.17, 15) is 4.79 Å². The number of piperidine rings is 1. The molecule has 12 heteroatoms. The van der Waals surface area contributed by atoms with E-state index in [1.807, 2.05) is 22.8 Å². The largest absolute Gasteiger partial charge is 0.380 e. The standard InChI is InChI=1S/C25H20Cl2N8O2/c26-15-8-13(35-11-31-23-18(35)2-1-7-29-23)4-5-14(15)25(36)32-20-12-3-6-17(20)34(10-12)24-21-19(16(27)9-30-24)22(28)33-37-21/h1-2,4-5,7-9,11-12,17,20H,3,6,10H2,(H2,28,33)(H,32,36)/t12-,17-,20+/m0/s1. The van der Waals surface area contributed by atoms with Crippen LogP contribution in [0.2, 0.25) is 10.0 Å². The van der Waals surface area contributed by atoms with Gasteiger partial charge in [-0.3, -0.25) is 9.36 Å². The fourth-order valence-electron chi connectivity index (χ4n) is 5.71. The molecule has 1 saturated heterocycles. The van der Waals surface area contributed by atoms with Crippen molar-refractivity contribution in [3.05, 3.63) is 64.7 Å². The molecule has 3 atom stereocenters. The van der Waals surface area contributed by atoms with Gasteiger partial charge in [0.05, 0.1) is 38.6 Å². The van der Waals surface area contributed by atoms with Gasteiger partial charge in [0.25, 0.3) is 5.91 Å². The molecule has 1 amide bonds. The number of aromatic nitrogens is 5. The monoisotopic (exact) mass is 534 g/mol. The maximum atomic E-state index is 13.3. The Balaban J connectivity index is 1.14. The normalized spacial score (nSPS) is 20.8. The summed E-state index contributed by atoms with van der Waals surface area (Å²) in [5, 5.41) is 8.41. The van der Waals surface area contributed by atoms with Gasteiger partial charge in [0.1, 0.15) is 6.33 Å². The number of nitrogens with one attached hydrogen (secondary N) is 1. The summed E-state index contributed by atoms with van der Waals surface area (Å²) >= 11 is 12.9. The molecule has 7 rings (SSSR count). The lowest BCUT2D eigenvalue weighted by atomic mass is 10.1. The highest BCUT2D eigenvalue weighted by molar-refractivity contribution is 6.36. The van der Waals surface area contributed by atoms with Crippen molar-refractivity contribution < 1.29 is 9.32 Å². The number of rotatable bonds is 4. The zero-order chi connectivity index (χ0) is 25.3. The lowest BCUT2D eigenvalue weighted by molar-refractivity contribution is 0.0932. The third kappa shape index (κ3) is 3.43. The van der Waals surface area contributed by atoms with E-state index in [1.54, 1.807) is 30.9 Å². The van der Waals surface area contributed by atoms with Gasteiger partial charge in [-0.1, -0.05) is 28.4 Å². The minimum atomic E-state index is -0.212. The van der Waals surface area contributed by atoms with Crippen molar-refractivity contribution in [2.75, 3.05) is 17.2 Å². The number of hydrogen-bond donors (Lipinski definition) is 2. The lowest BCUT2D eigenvalue weighted by Gasteiger charge is -2.28. The van der Waals surface area contributed by atoms with E-state index < -0.39 is 0 Å². The smallest absolute Gasteiger partial charge is 0.253 e. The Morgan fingerprint density at radius 3 is 2.89 bits per heavy atom. The van der Waals surface area contributed by atoms with Gasteiger partial charge in [0, 0.05) is 24.6 Å². The van der Waals surface area contributed by atoms with E-state index in [2.05, 4.69) is 30.3 Å². The van der Waals surface area contributed by atoms with Gasteiger partial charge < -0.3 is 20.5 Å². The van der Waals surface area contributed by atoms with Crippen LogP contribution in [0, 0.1) is 5.92 Å². The summed E-state index contributed by atoms with van der Waals surface area (Å²) in [6, 6.07) is 9.15. The average Bonchev–Trinajstić information content (AvgIpc) is 3.67. The molecule has 2 aliphatic rings. The van der Waals surface area contributed by atoms with Crippen LogP contribution in [0.4, 0.5) is 11.6 Å². The van der Waals surface area contributed by atoms with Crippen molar-refractivity contribution in [1.82, 2.24) is 30.0 Å². The second-order valence-electron chi connectivity index (χ2n) is 9.38. The zero-order valence-corrected chi connectivity index (χ0v) is 20.8. The van der Waals surface area contributed by atoms with Crippen LogP contribution in [-0.4, -0.2) is 49.2 Å². The molecular formula is C25H20Cl2N8O2. The van der Waals surface area contributed by atoms with Crippen molar-refractivity contribution in [2.45, 2.75) is 24.9 Å². The SMILES string of the molecule is Nc1noc2c(N3C[C@@H]4CC[C@H]3[C@@H]4NC(=O)c3ccc(-n4cnc5ncccc54)cc3Cl)ncc(Cl)c12. The van der Waals surface area contributed by atoms with Gasteiger partial charge in [-0.05, 0) is 49.1 Å². The van der Waals surface area contributed by atoms with E-state index in [4.69, 9.17) is 33.5 Å². The van der Waals surface area contributed by atoms with Crippen molar-refractivity contribution in [1.29, 1.82) is 0 Å². The molecule has 10 nitrogen and oxygen atoms in total. The van der Waals surface area contributed by atoms with E-state index in [0.29, 0.717) is 38.0 Å². The molecule has 2 bridgehead atoms. The van der Waals surface area contributed by atoms with Crippen LogP contribution >= 0.6 is 23.2 Å². The molecule has 1 aliphatic heterocycles. The molecule has 186 valence electrons. The number of halogens is 2. The Morgan fingerprint density at radius 2 is 2.03 bits per heavy atom. The summed E-state index contributed by atoms with van der Waals surface area (Å²) < 4.78 is 7.36. The first-order valence-corrected chi connectivity index (χ1v) is 12.6. The van der Waals surface area contributed by atoms with Gasteiger partial charge in [-0.15, -0.1) is 0 Å². The van der Waals surface area contributed by atoms with Crippen LogP contribution in [0.3, 0.4) is 0 Å². The summed E-state index contributed by atoms with van der Waals surface area (Å²) in [6.07, 6.45) is 6.88. The first kappa shape index (κ1) is 22.3. The van der Waals surface area contributed by atoms with E-state index in [0.717, 1.165) is 30.6 Å². The Hall–Kier alpha value is -3.89. The molecule has 3 N–H and O–H groups in total. The molecule has 1 aliphatic carbocycles. The third-order valence-corrected chi connectivity index (χ3v) is 8.01. The number of nitrogens with two attached hydrogens (primary N) is 1. The van der Waals surface area contributed by atoms with Crippen molar-refractivity contribution in [3.8, 4) is 5.69 Å². The number of benzene rings is 1. The number of hydrogen-bond acceptors (Lipinski definition) is 8. The number of nitrogens with zero attached hydrogens (tertiary/aromatic N) is 6. The number of fused-ring (bicyclic) bond motifs is 4. The van der Waals surface area contributed by atoms with Crippen molar-refractivity contribution in [2.24, 2.45) is 5.92 Å². The zero-order valence-electron chi connectivity index (χ0n) is 19.3. The molecule has 4 aromatic heterocycles. The molecule has 2 fully saturated rings. The van der Waals surface area contributed by atoms with Crippen LogP contribution in [-0.2, 0) is 0 Å². The number of nitrogen functional groups attached to an aromatic ring is 1. The van der Waals surface area contributed by atoms with Gasteiger partial charge in [-0.25, -0.2) is 15.0 Å². The van der Waals surface area contributed by atoms with Crippen molar-refractivity contribution >= 4 is 62.9 Å². The Bertz CT molecular complexity index is 1700. The predicted octanol–water partition coefficient (Wildman–Crippen LogP) is 4.24. The summed E-state index contributed by atoms with van der Waals surface area (Å²) in [5.74, 6) is 0.926. The van der Waals surface area contributed by atoms with Crippen LogP contribution in [0.15, 0.2) is 53.6 Å². The van der Waals surface area contributed by atoms with Crippen LogP contribution in [0.25, 0.3) is 27.8 Å². The first-order valence-electron chi connectivity index (χ1n) is 11.8. The fraction of sp³-hybridized carbons (Fsp3) is 0.240. The van der Waals surface area contributed by atoms with Gasteiger partial charge >= 0.3 is 0 Å². The number of imidazole rings is 1. The number of carbonyl (C=O) groups excluding carboxylic acids is 1. The highest BCUT2D eigenvalue weighted by Crippen LogP contribution is 2.43. The fourth-order valence-corrected chi connectivity index (χ4v) is 6.21. The molecule has 0 radical (unpaired) electrons. The molecule has 37 heavy (non-hydrogen) atoms. The summed E-state index contributed by atoms with van der Waals surface area (Å²) in [5.41, 5.74) is 9.13. The minimum absolute atomic E-state index is 0.0556. The summed E-state index contributed by atoms with van der Waals surface area (Å²) in [7, 11) is 0. The number of anilines is 2. The summed E-state index contributed by atoms with van der Waals surface area (Å²) in [4.78, 5) is 28.6. The third-order valence-electron chi connectivity index (χ3n) is 7.41.